The van der Waals surface area contributed by atoms with Crippen LogP contribution in [0.1, 0.15) is 12.0 Å². The van der Waals surface area contributed by atoms with Crippen LogP contribution >= 0.6 is 0 Å². The van der Waals surface area contributed by atoms with Crippen LogP contribution in [0.5, 0.6) is 0 Å². The molecule has 0 saturated heterocycles. The van der Waals surface area contributed by atoms with E-state index in [1.165, 1.54) is 19.2 Å². The Balaban J connectivity index is 2.62. The lowest BCUT2D eigenvalue weighted by molar-refractivity contribution is 0.166. The van der Waals surface area contributed by atoms with Gasteiger partial charge in [0.25, 0.3) is 0 Å². The SMILES string of the molecule is C=CC[C@H](Cc1ccc(F)cc1)NC(=O)OC. The van der Waals surface area contributed by atoms with Crippen molar-refractivity contribution in [2.24, 2.45) is 0 Å². The van der Waals surface area contributed by atoms with Crippen LogP contribution in [0.4, 0.5) is 9.18 Å². The summed E-state index contributed by atoms with van der Waals surface area (Å²) in [4.78, 5) is 11.1. The van der Waals surface area contributed by atoms with Crippen LogP contribution in [-0.2, 0) is 11.2 Å². The van der Waals surface area contributed by atoms with E-state index in [1.54, 1.807) is 18.2 Å². The molecule has 1 aromatic rings. The van der Waals surface area contributed by atoms with Crippen LogP contribution in [0.3, 0.4) is 0 Å². The molecule has 1 rings (SSSR count). The Kier molecular flexibility index (Phi) is 5.20. The second-order valence-electron chi connectivity index (χ2n) is 3.69. The van der Waals surface area contributed by atoms with Crippen LogP contribution in [0.15, 0.2) is 36.9 Å². The number of hydrogen-bond acceptors (Lipinski definition) is 2. The van der Waals surface area contributed by atoms with Crippen molar-refractivity contribution >= 4 is 6.09 Å². The molecule has 0 unspecified atom stereocenters. The first-order valence-corrected chi connectivity index (χ1v) is 5.35. The second-order valence-corrected chi connectivity index (χ2v) is 3.69. The van der Waals surface area contributed by atoms with E-state index in [9.17, 15) is 9.18 Å². The van der Waals surface area contributed by atoms with E-state index in [2.05, 4.69) is 16.6 Å². The molecular weight excluding hydrogens is 221 g/mol. The number of nitrogens with one attached hydrogen (secondary N) is 1. The summed E-state index contributed by atoms with van der Waals surface area (Å²) in [5.41, 5.74) is 0.953. The minimum absolute atomic E-state index is 0.0922. The molecule has 0 radical (unpaired) electrons. The smallest absolute Gasteiger partial charge is 0.407 e. The summed E-state index contributed by atoms with van der Waals surface area (Å²) < 4.78 is 17.3. The second kappa shape index (κ2) is 6.68. The zero-order chi connectivity index (χ0) is 12.7. The maximum Gasteiger partial charge on any atom is 0.407 e. The Hall–Kier alpha value is -1.84. The molecule has 0 aliphatic carbocycles. The van der Waals surface area contributed by atoms with E-state index in [0.717, 1.165) is 5.56 Å². The van der Waals surface area contributed by atoms with E-state index in [0.29, 0.717) is 12.8 Å². The number of carbonyl (C=O) groups is 1. The van der Waals surface area contributed by atoms with E-state index in [1.807, 2.05) is 0 Å². The molecule has 1 N–H and O–H groups in total. The molecular formula is C13H16FNO2. The van der Waals surface area contributed by atoms with Gasteiger partial charge in [-0.05, 0) is 30.5 Å². The first-order chi connectivity index (χ1) is 8.15. The summed E-state index contributed by atoms with van der Waals surface area (Å²) in [5, 5.41) is 2.70. The molecule has 0 aliphatic heterocycles. The number of halogens is 1. The van der Waals surface area contributed by atoms with Crippen molar-refractivity contribution in [2.75, 3.05) is 7.11 Å². The number of carbonyl (C=O) groups excluding carboxylic acids is 1. The third kappa shape index (κ3) is 4.68. The Morgan fingerprint density at radius 1 is 1.53 bits per heavy atom. The highest BCUT2D eigenvalue weighted by atomic mass is 19.1. The average Bonchev–Trinajstić information content (AvgIpc) is 2.32. The van der Waals surface area contributed by atoms with E-state index in [4.69, 9.17) is 0 Å². The molecule has 1 atom stereocenters. The number of ether oxygens (including phenoxy) is 1. The maximum absolute atomic E-state index is 12.7. The predicted molar refractivity (Wildman–Crippen MR) is 64.2 cm³/mol. The molecule has 1 amide bonds. The summed E-state index contributed by atoms with van der Waals surface area (Å²) >= 11 is 0. The molecule has 1 aromatic carbocycles. The van der Waals surface area contributed by atoms with Gasteiger partial charge in [-0.15, -0.1) is 6.58 Å². The van der Waals surface area contributed by atoms with Crippen LogP contribution in [0, 0.1) is 5.82 Å². The third-order valence-electron chi connectivity index (χ3n) is 2.35. The molecule has 0 saturated carbocycles. The number of benzene rings is 1. The fraction of sp³-hybridized carbons (Fsp3) is 0.308. The van der Waals surface area contributed by atoms with Gasteiger partial charge >= 0.3 is 6.09 Å². The highest BCUT2D eigenvalue weighted by molar-refractivity contribution is 5.67. The van der Waals surface area contributed by atoms with Gasteiger partial charge in [0.1, 0.15) is 5.82 Å². The zero-order valence-electron chi connectivity index (χ0n) is 9.78. The molecule has 0 aliphatic rings. The monoisotopic (exact) mass is 237 g/mol. The Morgan fingerprint density at radius 3 is 2.71 bits per heavy atom. The first-order valence-electron chi connectivity index (χ1n) is 5.35. The van der Waals surface area contributed by atoms with Gasteiger partial charge in [0.2, 0.25) is 0 Å². The van der Waals surface area contributed by atoms with Gasteiger partial charge in [-0.2, -0.15) is 0 Å². The van der Waals surface area contributed by atoms with E-state index >= 15 is 0 Å². The van der Waals surface area contributed by atoms with Crippen molar-refractivity contribution in [3.8, 4) is 0 Å². The number of alkyl carbamates (subject to hydrolysis) is 1. The summed E-state index contributed by atoms with van der Waals surface area (Å²) in [7, 11) is 1.32. The first kappa shape index (κ1) is 13.2. The summed E-state index contributed by atoms with van der Waals surface area (Å²) in [6.45, 7) is 3.64. The molecule has 3 nitrogen and oxygen atoms in total. The molecule has 92 valence electrons. The lowest BCUT2D eigenvalue weighted by atomic mass is 10.0. The van der Waals surface area contributed by atoms with E-state index in [-0.39, 0.29) is 11.9 Å². The summed E-state index contributed by atoms with van der Waals surface area (Å²) in [5.74, 6) is -0.269. The van der Waals surface area contributed by atoms with Crippen LogP contribution in [0.25, 0.3) is 0 Å². The molecule has 4 heteroatoms. The highest BCUT2D eigenvalue weighted by Crippen LogP contribution is 2.08. The standard InChI is InChI=1S/C13H16FNO2/c1-3-4-12(15-13(16)17-2)9-10-5-7-11(14)8-6-10/h3,5-8,12H,1,4,9H2,2H3,(H,15,16)/t12-/m1/s1. The van der Waals surface area contributed by atoms with Gasteiger partial charge in [0.15, 0.2) is 0 Å². The van der Waals surface area contributed by atoms with Crippen molar-refractivity contribution in [2.45, 2.75) is 18.9 Å². The zero-order valence-corrected chi connectivity index (χ0v) is 9.78. The molecule has 17 heavy (non-hydrogen) atoms. The average molecular weight is 237 g/mol. The lowest BCUT2D eigenvalue weighted by Crippen LogP contribution is -2.35. The summed E-state index contributed by atoms with van der Waals surface area (Å²) in [6.07, 6.45) is 2.50. The van der Waals surface area contributed by atoms with Crippen molar-refractivity contribution in [3.05, 3.63) is 48.3 Å². The van der Waals surface area contributed by atoms with Crippen LogP contribution in [-0.4, -0.2) is 19.2 Å². The van der Waals surface area contributed by atoms with Crippen molar-refractivity contribution in [1.82, 2.24) is 5.32 Å². The van der Waals surface area contributed by atoms with Crippen LogP contribution < -0.4 is 5.32 Å². The fourth-order valence-electron chi connectivity index (χ4n) is 1.53. The molecule has 0 heterocycles. The normalized spacial score (nSPS) is 11.6. The van der Waals surface area contributed by atoms with E-state index < -0.39 is 6.09 Å². The molecule has 0 spiro atoms. The molecule has 0 bridgehead atoms. The highest BCUT2D eigenvalue weighted by Gasteiger charge is 2.11. The fourth-order valence-corrected chi connectivity index (χ4v) is 1.53. The van der Waals surface area contributed by atoms with Crippen molar-refractivity contribution in [1.29, 1.82) is 0 Å². The lowest BCUT2D eigenvalue weighted by Gasteiger charge is -2.16. The third-order valence-corrected chi connectivity index (χ3v) is 2.35. The van der Waals surface area contributed by atoms with Gasteiger partial charge in [-0.3, -0.25) is 0 Å². The number of rotatable bonds is 5. The molecule has 0 fully saturated rings. The quantitative estimate of drug-likeness (QED) is 0.799. The van der Waals surface area contributed by atoms with Gasteiger partial charge in [-0.1, -0.05) is 18.2 Å². The number of hydrogen-bond donors (Lipinski definition) is 1. The van der Waals surface area contributed by atoms with Gasteiger partial charge in [0, 0.05) is 6.04 Å². The minimum atomic E-state index is -0.473. The van der Waals surface area contributed by atoms with Crippen molar-refractivity contribution in [3.63, 3.8) is 0 Å². The Labute approximate surface area is 100 Å². The number of methoxy groups -OCH3 is 1. The molecule has 0 aromatic heterocycles. The topological polar surface area (TPSA) is 38.3 Å². The van der Waals surface area contributed by atoms with Crippen LogP contribution in [0.2, 0.25) is 0 Å². The summed E-state index contributed by atoms with van der Waals surface area (Å²) in [6, 6.07) is 6.11. The van der Waals surface area contributed by atoms with Gasteiger partial charge in [-0.25, -0.2) is 9.18 Å². The Morgan fingerprint density at radius 2 is 2.18 bits per heavy atom. The van der Waals surface area contributed by atoms with Gasteiger partial charge < -0.3 is 10.1 Å². The maximum atomic E-state index is 12.7. The van der Waals surface area contributed by atoms with Gasteiger partial charge in [0.05, 0.1) is 7.11 Å². The minimum Gasteiger partial charge on any atom is -0.453 e. The largest absolute Gasteiger partial charge is 0.453 e. The number of amides is 1. The predicted octanol–water partition coefficient (Wildman–Crippen LogP) is 2.67. The Bertz CT molecular complexity index is 376. The van der Waals surface area contributed by atoms with Crippen molar-refractivity contribution < 1.29 is 13.9 Å².